The van der Waals surface area contributed by atoms with Gasteiger partial charge in [0.25, 0.3) is 0 Å². The molecule has 0 unspecified atom stereocenters. The van der Waals surface area contributed by atoms with Crippen LogP contribution >= 0.6 is 11.8 Å². The summed E-state index contributed by atoms with van der Waals surface area (Å²) >= 11 is 1.35. The lowest BCUT2D eigenvalue weighted by Crippen LogP contribution is -2.26. The molecule has 0 spiro atoms. The third-order valence-corrected chi connectivity index (χ3v) is 5.13. The first-order valence-electron chi connectivity index (χ1n) is 8.11. The van der Waals surface area contributed by atoms with E-state index >= 15 is 0 Å². The Morgan fingerprint density at radius 3 is 2.52 bits per heavy atom. The summed E-state index contributed by atoms with van der Waals surface area (Å²) in [6, 6.07) is 11.1. The fourth-order valence-corrected chi connectivity index (χ4v) is 3.65. The quantitative estimate of drug-likeness (QED) is 0.710. The van der Waals surface area contributed by atoms with E-state index in [1.807, 2.05) is 45.0 Å². The summed E-state index contributed by atoms with van der Waals surface area (Å²) < 4.78 is 10.6. The fraction of sp³-hybridized carbons (Fsp3) is 0.300. The Labute approximate surface area is 151 Å². The highest BCUT2D eigenvalue weighted by Gasteiger charge is 2.35. The molecule has 0 bridgehead atoms. The maximum absolute atomic E-state index is 12.7. The maximum atomic E-state index is 12.7. The lowest BCUT2D eigenvalue weighted by atomic mass is 9.79. The van der Waals surface area contributed by atoms with Crippen LogP contribution < -0.4 is 0 Å². The average molecular weight is 356 g/mol. The van der Waals surface area contributed by atoms with Crippen LogP contribution in [0.5, 0.6) is 0 Å². The number of allylic oxidation sites excluding steroid dienone is 2. The molecule has 0 amide bonds. The van der Waals surface area contributed by atoms with Gasteiger partial charge in [-0.15, -0.1) is 0 Å². The van der Waals surface area contributed by atoms with Gasteiger partial charge in [-0.25, -0.2) is 4.79 Å². The second kappa shape index (κ2) is 6.92. The molecule has 0 fully saturated rings. The Kier molecular flexibility index (Phi) is 4.86. The number of carbonyl (C=O) groups excluding carboxylic acids is 2. The first-order valence-corrected chi connectivity index (χ1v) is 8.92. The number of benzene rings is 1. The van der Waals surface area contributed by atoms with Crippen LogP contribution in [0.1, 0.15) is 42.8 Å². The Morgan fingerprint density at radius 2 is 1.88 bits per heavy atom. The number of thioether (sulfide) groups is 1. The summed E-state index contributed by atoms with van der Waals surface area (Å²) in [6.45, 7) is 6.01. The SMILES string of the molecule is Cc1ccc(SC2=C(OC(=O)c3ccco3)CC(C)(C)CC2=O)cc1. The highest BCUT2D eigenvalue weighted by Crippen LogP contribution is 2.43. The van der Waals surface area contributed by atoms with E-state index < -0.39 is 5.97 Å². The van der Waals surface area contributed by atoms with Crippen LogP contribution in [0.25, 0.3) is 0 Å². The van der Waals surface area contributed by atoms with E-state index in [4.69, 9.17) is 9.15 Å². The molecule has 2 aromatic rings. The smallest absolute Gasteiger partial charge is 0.379 e. The van der Waals surface area contributed by atoms with Gasteiger partial charge < -0.3 is 9.15 Å². The van der Waals surface area contributed by atoms with Crippen LogP contribution in [0.15, 0.2) is 62.6 Å². The monoisotopic (exact) mass is 356 g/mol. The highest BCUT2D eigenvalue weighted by atomic mass is 32.2. The van der Waals surface area contributed by atoms with Crippen molar-refractivity contribution in [1.29, 1.82) is 0 Å². The largest absolute Gasteiger partial charge is 0.457 e. The van der Waals surface area contributed by atoms with Gasteiger partial charge in [-0.2, -0.15) is 0 Å². The number of Topliss-reactive ketones (excluding diaryl/α,β-unsaturated/α-hetero) is 1. The summed E-state index contributed by atoms with van der Waals surface area (Å²) in [5.74, 6) is -0.0205. The van der Waals surface area contributed by atoms with Gasteiger partial charge in [-0.1, -0.05) is 43.3 Å². The van der Waals surface area contributed by atoms with Crippen LogP contribution in [-0.2, 0) is 9.53 Å². The van der Waals surface area contributed by atoms with Crippen molar-refractivity contribution < 1.29 is 18.7 Å². The summed E-state index contributed by atoms with van der Waals surface area (Å²) in [7, 11) is 0. The van der Waals surface area contributed by atoms with Crippen LogP contribution in [0.4, 0.5) is 0 Å². The number of ketones is 1. The lowest BCUT2D eigenvalue weighted by Gasteiger charge is -2.30. The molecule has 1 aliphatic carbocycles. The molecule has 0 saturated heterocycles. The van der Waals surface area contributed by atoms with Crippen molar-refractivity contribution in [2.45, 2.75) is 38.5 Å². The van der Waals surface area contributed by atoms with Crippen molar-refractivity contribution in [1.82, 2.24) is 0 Å². The van der Waals surface area contributed by atoms with Gasteiger partial charge in [0.05, 0.1) is 11.2 Å². The van der Waals surface area contributed by atoms with Gasteiger partial charge in [0, 0.05) is 17.7 Å². The van der Waals surface area contributed by atoms with Gasteiger partial charge in [0.1, 0.15) is 5.76 Å². The molecule has 1 aromatic carbocycles. The summed E-state index contributed by atoms with van der Waals surface area (Å²) in [5, 5.41) is 0. The van der Waals surface area contributed by atoms with Crippen molar-refractivity contribution >= 4 is 23.5 Å². The number of rotatable bonds is 4. The van der Waals surface area contributed by atoms with Gasteiger partial charge in [0.15, 0.2) is 5.78 Å². The Bertz CT molecular complexity index is 814. The van der Waals surface area contributed by atoms with E-state index in [1.54, 1.807) is 12.1 Å². The lowest BCUT2D eigenvalue weighted by molar-refractivity contribution is -0.117. The first kappa shape index (κ1) is 17.5. The first-order chi connectivity index (χ1) is 11.8. The van der Waals surface area contributed by atoms with Crippen LogP contribution in [0.3, 0.4) is 0 Å². The second-order valence-electron chi connectivity index (χ2n) is 6.98. The van der Waals surface area contributed by atoms with Gasteiger partial charge in [-0.05, 0) is 36.6 Å². The molecule has 4 nitrogen and oxygen atoms in total. The number of furan rings is 1. The zero-order chi connectivity index (χ0) is 18.0. The number of esters is 1. The zero-order valence-electron chi connectivity index (χ0n) is 14.5. The Balaban J connectivity index is 1.91. The van der Waals surface area contributed by atoms with E-state index in [0.29, 0.717) is 23.5 Å². The van der Waals surface area contributed by atoms with Crippen molar-refractivity contribution in [2.75, 3.05) is 0 Å². The van der Waals surface area contributed by atoms with Gasteiger partial charge in [-0.3, -0.25) is 4.79 Å². The average Bonchev–Trinajstić information content (AvgIpc) is 3.06. The molecule has 0 aliphatic heterocycles. The molecular weight excluding hydrogens is 336 g/mol. The van der Waals surface area contributed by atoms with Crippen molar-refractivity contribution in [3.05, 3.63) is 64.6 Å². The molecule has 0 atom stereocenters. The number of hydrogen-bond donors (Lipinski definition) is 0. The predicted molar refractivity (Wildman–Crippen MR) is 96.2 cm³/mol. The highest BCUT2D eigenvalue weighted by molar-refractivity contribution is 8.04. The standard InChI is InChI=1S/C20H20O4S/c1-13-6-8-14(9-7-13)25-18-15(21)11-20(2,3)12-17(18)24-19(22)16-5-4-10-23-16/h4-10H,11-12H2,1-3H3. The topological polar surface area (TPSA) is 56.5 Å². The molecule has 3 rings (SSSR count). The van der Waals surface area contributed by atoms with Crippen molar-refractivity contribution in [3.8, 4) is 0 Å². The van der Waals surface area contributed by atoms with Crippen molar-refractivity contribution in [2.24, 2.45) is 5.41 Å². The number of carbonyl (C=O) groups is 2. The molecule has 0 radical (unpaired) electrons. The third-order valence-electron chi connectivity index (χ3n) is 3.96. The number of hydrogen-bond acceptors (Lipinski definition) is 5. The van der Waals surface area contributed by atoms with Crippen LogP contribution in [0.2, 0.25) is 0 Å². The van der Waals surface area contributed by atoms with E-state index in [9.17, 15) is 9.59 Å². The minimum atomic E-state index is -0.576. The third kappa shape index (κ3) is 4.23. The van der Waals surface area contributed by atoms with E-state index in [2.05, 4.69) is 0 Å². The van der Waals surface area contributed by atoms with Crippen molar-refractivity contribution in [3.63, 3.8) is 0 Å². The molecule has 130 valence electrons. The van der Waals surface area contributed by atoms with E-state index in [-0.39, 0.29) is 17.0 Å². The Morgan fingerprint density at radius 1 is 1.16 bits per heavy atom. The van der Waals surface area contributed by atoms with Crippen LogP contribution in [0, 0.1) is 12.3 Å². The van der Waals surface area contributed by atoms with Gasteiger partial charge in [0.2, 0.25) is 5.76 Å². The summed E-state index contributed by atoms with van der Waals surface area (Å²) in [6.07, 6.45) is 2.38. The van der Waals surface area contributed by atoms with E-state index in [0.717, 1.165) is 10.5 Å². The minimum absolute atomic E-state index is 0.00377. The maximum Gasteiger partial charge on any atom is 0.379 e. The molecular formula is C20H20O4S. The molecule has 5 heteroatoms. The van der Waals surface area contributed by atoms with Crippen LogP contribution in [-0.4, -0.2) is 11.8 Å². The minimum Gasteiger partial charge on any atom is -0.457 e. The second-order valence-corrected chi connectivity index (χ2v) is 8.06. The zero-order valence-corrected chi connectivity index (χ0v) is 15.3. The normalized spacial score (nSPS) is 16.8. The molecule has 1 aromatic heterocycles. The molecule has 25 heavy (non-hydrogen) atoms. The van der Waals surface area contributed by atoms with E-state index in [1.165, 1.54) is 18.0 Å². The molecule has 1 heterocycles. The predicted octanol–water partition coefficient (Wildman–Crippen LogP) is 5.14. The molecule has 1 aliphatic rings. The molecule has 0 saturated carbocycles. The molecule has 0 N–H and O–H groups in total. The fourth-order valence-electron chi connectivity index (χ4n) is 2.73. The summed E-state index contributed by atoms with van der Waals surface area (Å²) in [4.78, 5) is 26.4. The summed E-state index contributed by atoms with van der Waals surface area (Å²) in [5.41, 5.74) is 0.909. The number of aryl methyl sites for hydroxylation is 1. The number of ether oxygens (including phenoxy) is 1. The Hall–Kier alpha value is -2.27. The van der Waals surface area contributed by atoms with Gasteiger partial charge >= 0.3 is 5.97 Å².